The lowest BCUT2D eigenvalue weighted by Crippen LogP contribution is -2.48. The first-order chi connectivity index (χ1) is 9.15. The molecule has 19 heavy (non-hydrogen) atoms. The van der Waals surface area contributed by atoms with Gasteiger partial charge < -0.3 is 15.3 Å². The number of carbonyl (C=O) groups is 1. The van der Waals surface area contributed by atoms with Crippen LogP contribution in [-0.4, -0.2) is 48.2 Å². The normalized spacial score (nSPS) is 24.4. The van der Waals surface area contributed by atoms with Crippen molar-refractivity contribution in [3.8, 4) is 0 Å². The number of hydrogen-bond acceptors (Lipinski definition) is 3. The van der Waals surface area contributed by atoms with Crippen molar-refractivity contribution >= 4 is 5.91 Å². The lowest BCUT2D eigenvalue weighted by atomic mass is 9.74. The average molecular weight is 268 g/mol. The summed E-state index contributed by atoms with van der Waals surface area (Å²) in [5.41, 5.74) is 0.121. The van der Waals surface area contributed by atoms with Crippen molar-refractivity contribution in [2.45, 2.75) is 57.9 Å². The number of nitrogens with one attached hydrogen (secondary N) is 1. The Morgan fingerprint density at radius 1 is 1.26 bits per heavy atom. The summed E-state index contributed by atoms with van der Waals surface area (Å²) in [7, 11) is 0. The van der Waals surface area contributed by atoms with Crippen molar-refractivity contribution in [3.63, 3.8) is 0 Å². The van der Waals surface area contributed by atoms with Gasteiger partial charge in [0.15, 0.2) is 0 Å². The number of piperidine rings is 1. The van der Waals surface area contributed by atoms with Crippen molar-refractivity contribution < 1.29 is 9.90 Å². The fraction of sp³-hybridized carbons (Fsp3) is 0.933. The number of aliphatic hydroxyl groups excluding tert-OH is 1. The summed E-state index contributed by atoms with van der Waals surface area (Å²) in [6, 6.07) is 0.515. The molecule has 1 heterocycles. The number of nitrogens with zero attached hydrogens (tertiary/aromatic N) is 1. The van der Waals surface area contributed by atoms with E-state index >= 15 is 0 Å². The van der Waals surface area contributed by atoms with Crippen LogP contribution >= 0.6 is 0 Å². The van der Waals surface area contributed by atoms with Crippen LogP contribution < -0.4 is 5.32 Å². The molecule has 2 aliphatic rings. The summed E-state index contributed by atoms with van der Waals surface area (Å²) in [6.45, 7) is 4.65. The molecule has 1 saturated heterocycles. The summed E-state index contributed by atoms with van der Waals surface area (Å²) < 4.78 is 0. The van der Waals surface area contributed by atoms with Gasteiger partial charge in [-0.3, -0.25) is 4.79 Å². The van der Waals surface area contributed by atoms with Crippen LogP contribution in [0.3, 0.4) is 0 Å². The lowest BCUT2D eigenvalue weighted by Gasteiger charge is -2.39. The van der Waals surface area contributed by atoms with Gasteiger partial charge in [0.25, 0.3) is 0 Å². The maximum Gasteiger partial charge on any atom is 0.219 e. The number of carbonyl (C=O) groups excluding carboxylic acids is 1. The Balaban J connectivity index is 1.75. The van der Waals surface area contributed by atoms with Gasteiger partial charge in [0.2, 0.25) is 5.91 Å². The molecule has 0 aromatic heterocycles. The van der Waals surface area contributed by atoms with E-state index in [4.69, 9.17) is 0 Å². The summed E-state index contributed by atoms with van der Waals surface area (Å²) in [4.78, 5) is 13.2. The fourth-order valence-corrected chi connectivity index (χ4v) is 3.45. The standard InChI is InChI=1S/C15H28N2O2/c1-13(19)17-9-5-14(6-10-17)16-11-15(12-18)7-3-2-4-8-15/h14,16,18H,2-12H2,1H3. The van der Waals surface area contributed by atoms with E-state index in [0.717, 1.165) is 45.3 Å². The van der Waals surface area contributed by atoms with Gasteiger partial charge in [-0.05, 0) is 25.7 Å². The van der Waals surface area contributed by atoms with E-state index in [0.29, 0.717) is 12.6 Å². The summed E-state index contributed by atoms with van der Waals surface area (Å²) in [5.74, 6) is 0.192. The molecule has 4 nitrogen and oxygen atoms in total. The highest BCUT2D eigenvalue weighted by atomic mass is 16.3. The summed E-state index contributed by atoms with van der Waals surface area (Å²) in [5, 5.41) is 13.3. The summed E-state index contributed by atoms with van der Waals surface area (Å²) in [6.07, 6.45) is 8.22. The van der Waals surface area contributed by atoms with Crippen LogP contribution in [0.4, 0.5) is 0 Å². The highest BCUT2D eigenvalue weighted by Crippen LogP contribution is 2.35. The van der Waals surface area contributed by atoms with Crippen molar-refractivity contribution in [3.05, 3.63) is 0 Å². The largest absolute Gasteiger partial charge is 0.396 e. The minimum atomic E-state index is 0.121. The Labute approximate surface area is 116 Å². The quantitative estimate of drug-likeness (QED) is 0.813. The number of hydrogen-bond donors (Lipinski definition) is 2. The zero-order valence-corrected chi connectivity index (χ0v) is 12.2. The maximum absolute atomic E-state index is 11.3. The first-order valence-corrected chi connectivity index (χ1v) is 7.75. The van der Waals surface area contributed by atoms with Crippen LogP contribution in [0.25, 0.3) is 0 Å². The number of aliphatic hydroxyl groups is 1. The van der Waals surface area contributed by atoms with Crippen LogP contribution in [0.1, 0.15) is 51.9 Å². The van der Waals surface area contributed by atoms with Gasteiger partial charge in [0.05, 0.1) is 0 Å². The second kappa shape index (κ2) is 6.71. The zero-order chi connectivity index (χ0) is 13.7. The Kier molecular flexibility index (Phi) is 5.22. The zero-order valence-electron chi connectivity index (χ0n) is 12.2. The smallest absolute Gasteiger partial charge is 0.219 e. The van der Waals surface area contributed by atoms with Crippen LogP contribution in [0.5, 0.6) is 0 Å². The molecule has 1 saturated carbocycles. The minimum Gasteiger partial charge on any atom is -0.396 e. The van der Waals surface area contributed by atoms with E-state index in [2.05, 4.69) is 5.32 Å². The number of likely N-dealkylation sites (tertiary alicyclic amines) is 1. The maximum atomic E-state index is 11.3. The molecule has 0 spiro atoms. The Morgan fingerprint density at radius 3 is 2.42 bits per heavy atom. The lowest BCUT2D eigenvalue weighted by molar-refractivity contribution is -0.129. The predicted molar refractivity (Wildman–Crippen MR) is 75.9 cm³/mol. The predicted octanol–water partition coefficient (Wildman–Crippen LogP) is 1.53. The SMILES string of the molecule is CC(=O)N1CCC(NCC2(CO)CCCCC2)CC1. The number of amides is 1. The van der Waals surface area contributed by atoms with Crippen LogP contribution in [0.2, 0.25) is 0 Å². The van der Waals surface area contributed by atoms with Gasteiger partial charge in [-0.2, -0.15) is 0 Å². The van der Waals surface area contributed by atoms with Crippen molar-refractivity contribution in [1.82, 2.24) is 10.2 Å². The molecule has 1 aliphatic heterocycles. The first kappa shape index (κ1) is 14.8. The monoisotopic (exact) mass is 268 g/mol. The molecular formula is C15H28N2O2. The minimum absolute atomic E-state index is 0.121. The fourth-order valence-electron chi connectivity index (χ4n) is 3.45. The molecule has 2 rings (SSSR count). The van der Waals surface area contributed by atoms with Gasteiger partial charge in [0, 0.05) is 44.6 Å². The third-order valence-corrected chi connectivity index (χ3v) is 4.96. The second-order valence-corrected chi connectivity index (χ2v) is 6.38. The molecule has 2 N–H and O–H groups in total. The van der Waals surface area contributed by atoms with E-state index in [-0.39, 0.29) is 11.3 Å². The third-order valence-electron chi connectivity index (χ3n) is 4.96. The molecule has 2 fully saturated rings. The van der Waals surface area contributed by atoms with Gasteiger partial charge in [-0.15, -0.1) is 0 Å². The van der Waals surface area contributed by atoms with Gasteiger partial charge >= 0.3 is 0 Å². The van der Waals surface area contributed by atoms with Crippen LogP contribution in [0, 0.1) is 5.41 Å². The molecular weight excluding hydrogens is 240 g/mol. The molecule has 0 radical (unpaired) electrons. The van der Waals surface area contributed by atoms with E-state index in [9.17, 15) is 9.90 Å². The van der Waals surface area contributed by atoms with Crippen molar-refractivity contribution in [1.29, 1.82) is 0 Å². The summed E-state index contributed by atoms with van der Waals surface area (Å²) >= 11 is 0. The molecule has 1 amide bonds. The van der Waals surface area contributed by atoms with Crippen LogP contribution in [-0.2, 0) is 4.79 Å². The molecule has 4 heteroatoms. The van der Waals surface area contributed by atoms with E-state index < -0.39 is 0 Å². The molecule has 0 aromatic rings. The van der Waals surface area contributed by atoms with Gasteiger partial charge in [0.1, 0.15) is 0 Å². The molecule has 0 bridgehead atoms. The Morgan fingerprint density at radius 2 is 1.89 bits per heavy atom. The topological polar surface area (TPSA) is 52.6 Å². The number of rotatable bonds is 4. The third kappa shape index (κ3) is 3.93. The van der Waals surface area contributed by atoms with Gasteiger partial charge in [-0.1, -0.05) is 19.3 Å². The van der Waals surface area contributed by atoms with Gasteiger partial charge in [-0.25, -0.2) is 0 Å². The average Bonchev–Trinajstić information content (AvgIpc) is 2.46. The second-order valence-electron chi connectivity index (χ2n) is 6.38. The van der Waals surface area contributed by atoms with Crippen molar-refractivity contribution in [2.24, 2.45) is 5.41 Å². The van der Waals surface area contributed by atoms with Crippen LogP contribution in [0.15, 0.2) is 0 Å². The first-order valence-electron chi connectivity index (χ1n) is 7.75. The molecule has 0 aromatic carbocycles. The Hall–Kier alpha value is -0.610. The van der Waals surface area contributed by atoms with E-state index in [1.165, 1.54) is 19.3 Å². The molecule has 0 atom stereocenters. The van der Waals surface area contributed by atoms with E-state index in [1.807, 2.05) is 4.90 Å². The Bertz CT molecular complexity index is 293. The highest BCUT2D eigenvalue weighted by Gasteiger charge is 2.32. The van der Waals surface area contributed by atoms with Crippen molar-refractivity contribution in [2.75, 3.05) is 26.2 Å². The molecule has 0 unspecified atom stereocenters. The highest BCUT2D eigenvalue weighted by molar-refractivity contribution is 5.73. The molecule has 1 aliphatic carbocycles. The van der Waals surface area contributed by atoms with E-state index in [1.54, 1.807) is 6.92 Å². The molecule has 110 valence electrons.